The second kappa shape index (κ2) is 8.26. The Balaban J connectivity index is 1.44. The summed E-state index contributed by atoms with van der Waals surface area (Å²) in [5.74, 6) is 1.49. The number of aliphatic imine (C=N–C) groups is 1. The first-order valence-electron chi connectivity index (χ1n) is 11.8. The molecule has 2 aromatic carbocycles. The van der Waals surface area contributed by atoms with Crippen molar-refractivity contribution in [1.29, 1.82) is 0 Å². The van der Waals surface area contributed by atoms with Gasteiger partial charge in [0.2, 0.25) is 5.96 Å². The van der Waals surface area contributed by atoms with Gasteiger partial charge in [-0.05, 0) is 49.1 Å². The molecule has 3 heterocycles. The summed E-state index contributed by atoms with van der Waals surface area (Å²) in [4.78, 5) is 34.1. The predicted octanol–water partition coefficient (Wildman–Crippen LogP) is 3.64. The smallest absolute Gasteiger partial charge is 0.337 e. The molecule has 1 saturated carbocycles. The van der Waals surface area contributed by atoms with Crippen LogP contribution < -0.4 is 10.2 Å². The van der Waals surface area contributed by atoms with Crippen LogP contribution >= 0.6 is 0 Å². The fourth-order valence-corrected chi connectivity index (χ4v) is 5.24. The first-order chi connectivity index (χ1) is 17.0. The van der Waals surface area contributed by atoms with Gasteiger partial charge in [-0.2, -0.15) is 5.10 Å². The van der Waals surface area contributed by atoms with E-state index in [2.05, 4.69) is 10.2 Å². The second-order valence-corrected chi connectivity index (χ2v) is 9.11. The van der Waals surface area contributed by atoms with Crippen molar-refractivity contribution in [2.75, 3.05) is 24.4 Å². The number of nitrogens with zero attached hydrogens (tertiary/aromatic N) is 5. The van der Waals surface area contributed by atoms with Crippen molar-refractivity contribution in [3.8, 4) is 0 Å². The third kappa shape index (κ3) is 3.46. The van der Waals surface area contributed by atoms with Crippen molar-refractivity contribution in [2.45, 2.75) is 37.9 Å². The number of benzene rings is 2. The molecule has 3 aromatic rings. The molecule has 1 amide bonds. The van der Waals surface area contributed by atoms with Gasteiger partial charge in [-0.1, -0.05) is 30.3 Å². The Labute approximate surface area is 203 Å². The largest absolute Gasteiger partial charge is 0.465 e. The van der Waals surface area contributed by atoms with Crippen LogP contribution in [0.3, 0.4) is 0 Å². The molecular formula is C26H26N6O3. The van der Waals surface area contributed by atoms with Crippen molar-refractivity contribution in [2.24, 2.45) is 4.99 Å². The van der Waals surface area contributed by atoms with Gasteiger partial charge in [0.1, 0.15) is 11.4 Å². The Hall–Kier alpha value is -4.14. The van der Waals surface area contributed by atoms with Crippen LogP contribution in [0, 0.1) is 0 Å². The molecule has 0 saturated heterocycles. The number of carbonyl (C=O) groups is 2. The maximum absolute atomic E-state index is 13.6. The average molecular weight is 471 g/mol. The summed E-state index contributed by atoms with van der Waals surface area (Å²) >= 11 is 0. The van der Waals surface area contributed by atoms with Crippen LogP contribution in [0.1, 0.15) is 45.5 Å². The van der Waals surface area contributed by atoms with Crippen LogP contribution in [0.2, 0.25) is 0 Å². The Kier molecular flexibility index (Phi) is 5.05. The van der Waals surface area contributed by atoms with Gasteiger partial charge in [-0.3, -0.25) is 14.6 Å². The highest BCUT2D eigenvalue weighted by Crippen LogP contribution is 2.42. The minimum absolute atomic E-state index is 0.124. The summed E-state index contributed by atoms with van der Waals surface area (Å²) in [6.45, 7) is 0.426. The number of nitrogens with one attached hydrogen (secondary N) is 1. The normalized spacial score (nSPS) is 20.3. The zero-order valence-corrected chi connectivity index (χ0v) is 19.6. The Morgan fingerprint density at radius 3 is 2.63 bits per heavy atom. The Morgan fingerprint density at radius 1 is 1.11 bits per heavy atom. The summed E-state index contributed by atoms with van der Waals surface area (Å²) in [5.41, 5.74) is 2.85. The molecular weight excluding hydrogens is 444 g/mol. The molecule has 1 N–H and O–H groups in total. The average Bonchev–Trinajstić information content (AvgIpc) is 3.57. The van der Waals surface area contributed by atoms with Crippen molar-refractivity contribution in [3.05, 3.63) is 71.3 Å². The molecule has 0 spiro atoms. The highest BCUT2D eigenvalue weighted by atomic mass is 16.5. The van der Waals surface area contributed by atoms with Crippen molar-refractivity contribution in [1.82, 2.24) is 14.7 Å². The Morgan fingerprint density at radius 2 is 1.89 bits per heavy atom. The second-order valence-electron chi connectivity index (χ2n) is 9.11. The van der Waals surface area contributed by atoms with E-state index in [-0.39, 0.29) is 24.0 Å². The van der Waals surface area contributed by atoms with E-state index in [1.54, 1.807) is 24.1 Å². The van der Waals surface area contributed by atoms with Gasteiger partial charge >= 0.3 is 5.97 Å². The summed E-state index contributed by atoms with van der Waals surface area (Å²) in [6, 6.07) is 17.4. The number of para-hydroxylation sites is 1. The van der Waals surface area contributed by atoms with Gasteiger partial charge in [0, 0.05) is 12.7 Å². The van der Waals surface area contributed by atoms with Crippen molar-refractivity contribution < 1.29 is 14.3 Å². The minimum Gasteiger partial charge on any atom is -0.465 e. The van der Waals surface area contributed by atoms with E-state index < -0.39 is 0 Å². The lowest BCUT2D eigenvalue weighted by molar-refractivity contribution is 0.0600. The number of rotatable bonds is 5. The van der Waals surface area contributed by atoms with Crippen molar-refractivity contribution in [3.63, 3.8) is 0 Å². The third-order valence-electron chi connectivity index (χ3n) is 7.00. The molecule has 9 nitrogen and oxygen atoms in total. The van der Waals surface area contributed by atoms with Crippen LogP contribution in [0.15, 0.2) is 59.6 Å². The number of fused-ring (bicyclic) bond motifs is 5. The van der Waals surface area contributed by atoms with E-state index >= 15 is 0 Å². The number of hydrogen-bond acceptors (Lipinski definition) is 7. The van der Waals surface area contributed by atoms with Gasteiger partial charge in [0.15, 0.2) is 5.82 Å². The summed E-state index contributed by atoms with van der Waals surface area (Å²) in [5, 5.41) is 8.41. The minimum atomic E-state index is -0.377. The maximum Gasteiger partial charge on any atom is 0.337 e. The number of amides is 1. The molecule has 178 valence electrons. The highest BCUT2D eigenvalue weighted by molar-refractivity contribution is 6.21. The van der Waals surface area contributed by atoms with E-state index in [0.29, 0.717) is 35.3 Å². The topological polar surface area (TPSA) is 92.1 Å². The molecule has 0 radical (unpaired) electrons. The number of methoxy groups -OCH3 is 1. The van der Waals surface area contributed by atoms with Gasteiger partial charge in [-0.25, -0.2) is 14.5 Å². The number of anilines is 3. The first kappa shape index (κ1) is 21.4. The molecule has 1 fully saturated rings. The lowest BCUT2D eigenvalue weighted by Crippen LogP contribution is -2.51. The summed E-state index contributed by atoms with van der Waals surface area (Å²) in [6.07, 6.45) is 3.19. The molecule has 2 aliphatic heterocycles. The number of esters is 1. The molecule has 1 aromatic heterocycles. The fraction of sp³-hybridized carbons (Fsp3) is 0.308. The zero-order chi connectivity index (χ0) is 24.1. The number of guanidine groups is 1. The fourth-order valence-electron chi connectivity index (χ4n) is 5.24. The summed E-state index contributed by atoms with van der Waals surface area (Å²) in [7, 11) is 3.15. The molecule has 6 rings (SSSR count). The van der Waals surface area contributed by atoms with Gasteiger partial charge < -0.3 is 10.1 Å². The molecule has 35 heavy (non-hydrogen) atoms. The van der Waals surface area contributed by atoms with E-state index in [4.69, 9.17) is 14.8 Å². The van der Waals surface area contributed by atoms with Crippen molar-refractivity contribution >= 4 is 35.2 Å². The van der Waals surface area contributed by atoms with Gasteiger partial charge in [0.05, 0.1) is 31.3 Å². The standard InChI is InChI=1S/C26H26N6O3/c1-30-24(33)21-22(27-18-7-4-3-5-8-18)31(15-16-11-13-17(14-12-16)25(34)35-2)29-23(21)32-20-10-6-9-19(20)28-26(30)32/h3-5,7-8,11-14,19-20,27H,6,9-10,15H2,1-2H3/t19-,20+/m1/s1. The number of carbonyl (C=O) groups excluding carboxylic acids is 2. The van der Waals surface area contributed by atoms with E-state index in [1.807, 2.05) is 47.1 Å². The van der Waals surface area contributed by atoms with Crippen LogP contribution in [0.4, 0.5) is 17.3 Å². The van der Waals surface area contributed by atoms with Gasteiger partial charge in [-0.15, -0.1) is 0 Å². The van der Waals surface area contributed by atoms with Gasteiger partial charge in [0.25, 0.3) is 5.91 Å². The molecule has 3 aliphatic rings. The number of aromatic nitrogens is 2. The highest BCUT2D eigenvalue weighted by Gasteiger charge is 2.49. The number of hydrogen-bond donors (Lipinski definition) is 1. The van der Waals surface area contributed by atoms with Crippen LogP contribution in [0.5, 0.6) is 0 Å². The van der Waals surface area contributed by atoms with Crippen LogP contribution in [-0.2, 0) is 11.3 Å². The maximum atomic E-state index is 13.6. The summed E-state index contributed by atoms with van der Waals surface area (Å²) < 4.78 is 6.64. The monoisotopic (exact) mass is 470 g/mol. The lowest BCUT2D eigenvalue weighted by atomic mass is 10.1. The molecule has 0 unspecified atom stereocenters. The predicted molar refractivity (Wildman–Crippen MR) is 132 cm³/mol. The molecule has 2 atom stereocenters. The van der Waals surface area contributed by atoms with Crippen LogP contribution in [-0.4, -0.2) is 58.8 Å². The van der Waals surface area contributed by atoms with E-state index in [9.17, 15) is 9.59 Å². The number of ether oxygens (including phenoxy) is 1. The van der Waals surface area contributed by atoms with E-state index in [0.717, 1.165) is 30.5 Å². The molecule has 9 heteroatoms. The molecule has 0 bridgehead atoms. The third-order valence-corrected chi connectivity index (χ3v) is 7.00. The lowest BCUT2D eigenvalue weighted by Gasteiger charge is -2.34. The van der Waals surface area contributed by atoms with E-state index in [1.165, 1.54) is 7.11 Å². The zero-order valence-electron chi connectivity index (χ0n) is 19.6. The van der Waals surface area contributed by atoms with Crippen LogP contribution in [0.25, 0.3) is 0 Å². The molecule has 1 aliphatic carbocycles. The first-order valence-corrected chi connectivity index (χ1v) is 11.8. The Bertz CT molecular complexity index is 1330. The quantitative estimate of drug-likeness (QED) is 0.573. The SMILES string of the molecule is COC(=O)c1ccc(Cn2nc3c(c2Nc2ccccc2)C(=O)N(C)C2=N[C@@H]4CCC[C@@H]4N23)cc1.